The molecule has 6 N–H and O–H groups in total. The van der Waals surface area contributed by atoms with Crippen molar-refractivity contribution < 1.29 is 30.6 Å². The first kappa shape index (κ1) is 25.8. The Labute approximate surface area is 199 Å². The second kappa shape index (κ2) is 8.70. The van der Waals surface area contributed by atoms with Crippen molar-refractivity contribution in [1.82, 2.24) is 0 Å². The van der Waals surface area contributed by atoms with Gasteiger partial charge in [0.25, 0.3) is 0 Å². The summed E-state index contributed by atoms with van der Waals surface area (Å²) in [4.78, 5) is 0. The fraction of sp³-hybridized carbons (Fsp3) is 1.00. The molecule has 6 nitrogen and oxygen atoms in total. The molecule has 6 heteroatoms. The molecule has 0 radical (unpaired) electrons. The van der Waals surface area contributed by atoms with Gasteiger partial charge in [-0.15, -0.1) is 0 Å². The van der Waals surface area contributed by atoms with Gasteiger partial charge in [0.15, 0.2) is 0 Å². The summed E-state index contributed by atoms with van der Waals surface area (Å²) in [5.41, 5.74) is -1.90. The molecule has 13 atom stereocenters. The third kappa shape index (κ3) is 3.82. The zero-order valence-electron chi connectivity index (χ0n) is 21.2. The fourth-order valence-electron chi connectivity index (χ4n) is 9.48. The van der Waals surface area contributed by atoms with Crippen LogP contribution in [0.5, 0.6) is 0 Å². The van der Waals surface area contributed by atoms with Crippen LogP contribution in [0.4, 0.5) is 0 Å². The van der Waals surface area contributed by atoms with E-state index >= 15 is 0 Å². The molecule has 0 aromatic carbocycles. The van der Waals surface area contributed by atoms with Gasteiger partial charge in [-0.1, -0.05) is 34.6 Å². The zero-order chi connectivity index (χ0) is 24.5. The number of aliphatic hydroxyl groups is 6. The van der Waals surface area contributed by atoms with Crippen LogP contribution in [-0.2, 0) is 0 Å². The minimum atomic E-state index is -1.19. The first-order valence-electron chi connectivity index (χ1n) is 13.4. The van der Waals surface area contributed by atoms with Crippen molar-refractivity contribution in [2.45, 2.75) is 122 Å². The van der Waals surface area contributed by atoms with Crippen LogP contribution in [-0.4, -0.2) is 66.8 Å². The van der Waals surface area contributed by atoms with Gasteiger partial charge in [0.05, 0.1) is 36.1 Å². The van der Waals surface area contributed by atoms with Crippen molar-refractivity contribution in [2.75, 3.05) is 0 Å². The van der Waals surface area contributed by atoms with E-state index in [4.69, 9.17) is 0 Å². The van der Waals surface area contributed by atoms with Crippen molar-refractivity contribution in [1.29, 1.82) is 0 Å². The van der Waals surface area contributed by atoms with Crippen LogP contribution < -0.4 is 0 Å². The Kier molecular flexibility index (Phi) is 6.82. The molecule has 0 saturated heterocycles. The average Bonchev–Trinajstić information content (AvgIpc) is 3.00. The molecule has 0 heterocycles. The summed E-state index contributed by atoms with van der Waals surface area (Å²) in [6.45, 7) is 10.6. The SMILES string of the molecule is CC(C)[C@@H](O)CC[C@@H](C)[C@H]1C[C@@H](O)C2[C@]3(O)C[C@@H](O)C4[C@@H](O)[C@@H](O)CC[C@]4(C)C3CC[C@@]21C. The molecular weight excluding hydrogens is 420 g/mol. The molecule has 0 spiro atoms. The summed E-state index contributed by atoms with van der Waals surface area (Å²) >= 11 is 0. The molecule has 0 aromatic rings. The standard InChI is InChI=1S/C27H48O6/c1-14(2)17(28)7-6-15(3)16-12-19(30)24-25(16,4)11-9-21-26(5)10-8-18(29)23(32)22(26)20(31)13-27(21,24)33/h14-24,28-33H,6-13H2,1-5H3/t15-,16-,17+,18+,19-,20-,21?,22?,23+,24?,25-,26-,27+/m1/s1. The maximum atomic E-state index is 12.3. The number of aliphatic hydroxyl groups excluding tert-OH is 5. The summed E-state index contributed by atoms with van der Waals surface area (Å²) in [5.74, 6) is -0.0861. The van der Waals surface area contributed by atoms with E-state index < -0.39 is 41.3 Å². The van der Waals surface area contributed by atoms with E-state index in [0.29, 0.717) is 25.2 Å². The maximum Gasteiger partial charge on any atom is 0.0857 e. The van der Waals surface area contributed by atoms with Crippen LogP contribution >= 0.6 is 0 Å². The van der Waals surface area contributed by atoms with E-state index in [1.807, 2.05) is 13.8 Å². The highest BCUT2D eigenvalue weighted by molar-refractivity contribution is 5.20. The molecule has 33 heavy (non-hydrogen) atoms. The molecular formula is C27H48O6. The zero-order valence-corrected chi connectivity index (χ0v) is 21.2. The van der Waals surface area contributed by atoms with Crippen molar-refractivity contribution >= 4 is 0 Å². The van der Waals surface area contributed by atoms with E-state index in [1.54, 1.807) is 0 Å². The summed E-state index contributed by atoms with van der Waals surface area (Å²) < 4.78 is 0. The number of fused-ring (bicyclic) bond motifs is 5. The molecule has 3 unspecified atom stereocenters. The first-order valence-corrected chi connectivity index (χ1v) is 13.4. The molecule has 4 aliphatic carbocycles. The second-order valence-electron chi connectivity index (χ2n) is 13.2. The molecule has 4 aliphatic rings. The van der Waals surface area contributed by atoms with Gasteiger partial charge >= 0.3 is 0 Å². The van der Waals surface area contributed by atoms with Crippen LogP contribution in [0, 0.1) is 46.3 Å². The summed E-state index contributed by atoms with van der Waals surface area (Å²) in [7, 11) is 0. The molecule has 4 fully saturated rings. The Balaban J connectivity index is 1.61. The van der Waals surface area contributed by atoms with Crippen LogP contribution in [0.2, 0.25) is 0 Å². The highest BCUT2D eigenvalue weighted by atomic mass is 16.3. The smallest absolute Gasteiger partial charge is 0.0857 e. The fourth-order valence-corrected chi connectivity index (χ4v) is 9.48. The molecule has 0 amide bonds. The van der Waals surface area contributed by atoms with Crippen molar-refractivity contribution in [3.8, 4) is 0 Å². The number of rotatable bonds is 5. The summed E-state index contributed by atoms with van der Waals surface area (Å²) in [5, 5.41) is 66.2. The highest BCUT2D eigenvalue weighted by Gasteiger charge is 2.71. The lowest BCUT2D eigenvalue weighted by molar-refractivity contribution is -0.280. The van der Waals surface area contributed by atoms with Gasteiger partial charge in [-0.3, -0.25) is 0 Å². The van der Waals surface area contributed by atoms with Gasteiger partial charge < -0.3 is 30.6 Å². The number of hydrogen-bond acceptors (Lipinski definition) is 6. The Morgan fingerprint density at radius 1 is 0.848 bits per heavy atom. The van der Waals surface area contributed by atoms with Crippen molar-refractivity contribution in [3.05, 3.63) is 0 Å². The highest BCUT2D eigenvalue weighted by Crippen LogP contribution is 2.69. The lowest BCUT2D eigenvalue weighted by Crippen LogP contribution is -2.70. The van der Waals surface area contributed by atoms with E-state index in [9.17, 15) is 30.6 Å². The van der Waals surface area contributed by atoms with Crippen molar-refractivity contribution in [3.63, 3.8) is 0 Å². The molecule has 0 aromatic heterocycles. The lowest BCUT2D eigenvalue weighted by atomic mass is 9.41. The topological polar surface area (TPSA) is 121 Å². The van der Waals surface area contributed by atoms with Crippen LogP contribution in [0.15, 0.2) is 0 Å². The Hall–Kier alpha value is -0.240. The monoisotopic (exact) mass is 468 g/mol. The van der Waals surface area contributed by atoms with Gasteiger partial charge in [-0.2, -0.15) is 0 Å². The quantitative estimate of drug-likeness (QED) is 0.369. The van der Waals surface area contributed by atoms with Crippen LogP contribution in [0.3, 0.4) is 0 Å². The van der Waals surface area contributed by atoms with Crippen molar-refractivity contribution in [2.24, 2.45) is 46.3 Å². The summed E-state index contributed by atoms with van der Waals surface area (Å²) in [6, 6.07) is 0. The van der Waals surface area contributed by atoms with Crippen LogP contribution in [0.25, 0.3) is 0 Å². The molecule has 192 valence electrons. The first-order chi connectivity index (χ1) is 15.3. The van der Waals surface area contributed by atoms with E-state index in [1.165, 1.54) is 0 Å². The minimum absolute atomic E-state index is 0.120. The third-order valence-electron chi connectivity index (χ3n) is 11.2. The molecule has 4 rings (SSSR count). The van der Waals surface area contributed by atoms with Gasteiger partial charge in [-0.05, 0) is 79.4 Å². The second-order valence-corrected chi connectivity index (χ2v) is 13.2. The van der Waals surface area contributed by atoms with Gasteiger partial charge in [0.1, 0.15) is 0 Å². The normalized spacial score (nSPS) is 53.8. The van der Waals surface area contributed by atoms with Gasteiger partial charge in [0, 0.05) is 18.3 Å². The molecule has 0 aliphatic heterocycles. The predicted molar refractivity (Wildman–Crippen MR) is 126 cm³/mol. The Morgan fingerprint density at radius 2 is 1.48 bits per heavy atom. The van der Waals surface area contributed by atoms with E-state index in [2.05, 4.69) is 20.8 Å². The minimum Gasteiger partial charge on any atom is -0.393 e. The predicted octanol–water partition coefficient (Wildman–Crippen LogP) is 2.47. The lowest BCUT2D eigenvalue weighted by Gasteiger charge is -2.66. The van der Waals surface area contributed by atoms with Crippen LogP contribution in [0.1, 0.15) is 86.0 Å². The maximum absolute atomic E-state index is 12.3. The van der Waals surface area contributed by atoms with E-state index in [0.717, 1.165) is 25.7 Å². The van der Waals surface area contributed by atoms with E-state index in [-0.39, 0.29) is 41.6 Å². The average molecular weight is 469 g/mol. The molecule has 4 saturated carbocycles. The molecule has 0 bridgehead atoms. The Morgan fingerprint density at radius 3 is 2.12 bits per heavy atom. The Bertz CT molecular complexity index is 715. The number of hydrogen-bond donors (Lipinski definition) is 6. The van der Waals surface area contributed by atoms with Gasteiger partial charge in [0.2, 0.25) is 0 Å². The third-order valence-corrected chi connectivity index (χ3v) is 11.2. The summed E-state index contributed by atoms with van der Waals surface area (Å²) in [6.07, 6.45) is 1.60. The van der Waals surface area contributed by atoms with Gasteiger partial charge in [-0.25, -0.2) is 0 Å². The largest absolute Gasteiger partial charge is 0.393 e.